The van der Waals surface area contributed by atoms with Gasteiger partial charge in [-0.05, 0) is 20.3 Å². The summed E-state index contributed by atoms with van der Waals surface area (Å²) in [6.07, 6.45) is 0.729. The molecule has 1 rings (SSSR count). The number of oxime groups is 1. The molecular weight excluding hydrogens is 268 g/mol. The van der Waals surface area contributed by atoms with Crippen molar-refractivity contribution >= 4 is 15.9 Å². The van der Waals surface area contributed by atoms with E-state index >= 15 is 0 Å². The van der Waals surface area contributed by atoms with Gasteiger partial charge in [0.1, 0.15) is 0 Å². The van der Waals surface area contributed by atoms with Crippen LogP contribution in [0.5, 0.6) is 0 Å². The van der Waals surface area contributed by atoms with Crippen molar-refractivity contribution in [3.63, 3.8) is 0 Å². The topological polar surface area (TPSA) is 99.2 Å². The van der Waals surface area contributed by atoms with Gasteiger partial charge in [-0.3, -0.25) is 4.90 Å². The molecule has 112 valence electrons. The van der Waals surface area contributed by atoms with E-state index in [1.807, 2.05) is 6.92 Å². The maximum Gasteiger partial charge on any atom is 0.216 e. The van der Waals surface area contributed by atoms with Crippen molar-refractivity contribution < 1.29 is 13.6 Å². The van der Waals surface area contributed by atoms with E-state index in [0.29, 0.717) is 26.2 Å². The average molecular weight is 292 g/mol. The Morgan fingerprint density at radius 3 is 2.21 bits per heavy atom. The summed E-state index contributed by atoms with van der Waals surface area (Å²) >= 11 is 0. The number of hydrogen-bond acceptors (Lipinski definition) is 5. The third kappa shape index (κ3) is 3.58. The molecule has 1 fully saturated rings. The molecule has 0 bridgehead atoms. The van der Waals surface area contributed by atoms with Crippen LogP contribution in [0.4, 0.5) is 0 Å². The highest BCUT2D eigenvalue weighted by molar-refractivity contribution is 7.89. The standard InChI is InChI=1S/C11H24N4O3S/c1-4-10(11(12)13-16)14-5-7-15(8-6-14)19(17,18)9(2)3/h9-10,16H,4-8H2,1-3H3,(H2,12,13). The minimum atomic E-state index is -3.19. The van der Waals surface area contributed by atoms with Gasteiger partial charge >= 0.3 is 0 Å². The smallest absolute Gasteiger partial charge is 0.216 e. The van der Waals surface area contributed by atoms with Crippen molar-refractivity contribution in [2.45, 2.75) is 38.5 Å². The van der Waals surface area contributed by atoms with Gasteiger partial charge in [-0.1, -0.05) is 12.1 Å². The number of nitrogens with two attached hydrogens (primary N) is 1. The lowest BCUT2D eigenvalue weighted by Gasteiger charge is -2.38. The van der Waals surface area contributed by atoms with Gasteiger partial charge < -0.3 is 10.9 Å². The van der Waals surface area contributed by atoms with Gasteiger partial charge in [-0.25, -0.2) is 8.42 Å². The van der Waals surface area contributed by atoms with E-state index in [-0.39, 0.29) is 11.9 Å². The molecule has 0 saturated carbocycles. The normalized spacial score (nSPS) is 21.8. The van der Waals surface area contributed by atoms with Gasteiger partial charge in [-0.2, -0.15) is 4.31 Å². The summed E-state index contributed by atoms with van der Waals surface area (Å²) in [7, 11) is -3.19. The van der Waals surface area contributed by atoms with Crippen LogP contribution in [-0.4, -0.2) is 66.1 Å². The van der Waals surface area contributed by atoms with Gasteiger partial charge in [0.15, 0.2) is 5.84 Å². The van der Waals surface area contributed by atoms with Gasteiger partial charge in [0.2, 0.25) is 10.0 Å². The molecule has 8 heteroatoms. The van der Waals surface area contributed by atoms with E-state index in [9.17, 15) is 8.42 Å². The molecule has 1 aliphatic heterocycles. The lowest BCUT2D eigenvalue weighted by Crippen LogP contribution is -2.55. The first kappa shape index (κ1) is 16.2. The molecule has 19 heavy (non-hydrogen) atoms. The Labute approximate surface area is 115 Å². The van der Waals surface area contributed by atoms with E-state index in [4.69, 9.17) is 10.9 Å². The van der Waals surface area contributed by atoms with Crippen molar-refractivity contribution in [2.75, 3.05) is 26.2 Å². The fourth-order valence-electron chi connectivity index (χ4n) is 2.29. The van der Waals surface area contributed by atoms with Crippen molar-refractivity contribution in [1.29, 1.82) is 0 Å². The molecule has 0 aromatic carbocycles. The molecule has 0 spiro atoms. The van der Waals surface area contributed by atoms with E-state index in [0.717, 1.165) is 6.42 Å². The maximum absolute atomic E-state index is 12.0. The Morgan fingerprint density at radius 1 is 1.32 bits per heavy atom. The van der Waals surface area contributed by atoms with E-state index in [1.165, 1.54) is 4.31 Å². The molecule has 0 radical (unpaired) electrons. The van der Waals surface area contributed by atoms with Crippen LogP contribution in [0.2, 0.25) is 0 Å². The van der Waals surface area contributed by atoms with Gasteiger partial charge in [0, 0.05) is 26.2 Å². The monoisotopic (exact) mass is 292 g/mol. The number of amidine groups is 1. The highest BCUT2D eigenvalue weighted by Crippen LogP contribution is 2.15. The predicted octanol–water partition coefficient (Wildman–Crippen LogP) is -0.133. The lowest BCUT2D eigenvalue weighted by atomic mass is 10.1. The molecule has 1 heterocycles. The number of hydrogen-bond donors (Lipinski definition) is 2. The first-order chi connectivity index (χ1) is 8.84. The van der Waals surface area contributed by atoms with Crippen molar-refractivity contribution in [1.82, 2.24) is 9.21 Å². The number of sulfonamides is 1. The molecule has 0 aromatic rings. The molecule has 0 amide bonds. The summed E-state index contributed by atoms with van der Waals surface area (Å²) < 4.78 is 25.6. The second-order valence-electron chi connectivity index (χ2n) is 4.98. The van der Waals surface area contributed by atoms with E-state index in [1.54, 1.807) is 13.8 Å². The number of piperazine rings is 1. The molecule has 3 N–H and O–H groups in total. The second-order valence-corrected chi connectivity index (χ2v) is 7.47. The fourth-order valence-corrected chi connectivity index (χ4v) is 3.56. The van der Waals surface area contributed by atoms with Gasteiger partial charge in [0.25, 0.3) is 0 Å². The van der Waals surface area contributed by atoms with E-state index in [2.05, 4.69) is 10.1 Å². The zero-order chi connectivity index (χ0) is 14.6. The summed E-state index contributed by atoms with van der Waals surface area (Å²) in [5.74, 6) is 0.183. The fraction of sp³-hybridized carbons (Fsp3) is 0.909. The van der Waals surface area contributed by atoms with Crippen LogP contribution in [0.1, 0.15) is 27.2 Å². The quantitative estimate of drug-likeness (QED) is 0.318. The van der Waals surface area contributed by atoms with Gasteiger partial charge in [-0.15, -0.1) is 0 Å². The third-order valence-electron chi connectivity index (χ3n) is 3.51. The second kappa shape index (κ2) is 6.53. The molecule has 1 unspecified atom stereocenters. The minimum absolute atomic E-state index is 0.131. The van der Waals surface area contributed by atoms with Crippen LogP contribution in [0.15, 0.2) is 5.16 Å². The molecule has 0 aromatic heterocycles. The van der Waals surface area contributed by atoms with Crippen LogP contribution < -0.4 is 5.73 Å². The lowest BCUT2D eigenvalue weighted by molar-refractivity contribution is 0.161. The number of rotatable bonds is 5. The molecule has 1 saturated heterocycles. The first-order valence-electron chi connectivity index (χ1n) is 6.55. The highest BCUT2D eigenvalue weighted by atomic mass is 32.2. The van der Waals surface area contributed by atoms with E-state index < -0.39 is 15.3 Å². The molecule has 0 aliphatic carbocycles. The average Bonchev–Trinajstić information content (AvgIpc) is 2.39. The Bertz CT molecular complexity index is 414. The Balaban J connectivity index is 2.68. The molecule has 7 nitrogen and oxygen atoms in total. The Hall–Kier alpha value is -0.860. The minimum Gasteiger partial charge on any atom is -0.409 e. The SMILES string of the molecule is CCC(C(N)=NO)N1CCN(S(=O)(=O)C(C)C)CC1. The molecular formula is C11H24N4O3S. The van der Waals surface area contributed by atoms with Crippen molar-refractivity contribution in [2.24, 2.45) is 10.9 Å². The summed E-state index contributed by atoms with van der Waals surface area (Å²) in [4.78, 5) is 2.06. The largest absolute Gasteiger partial charge is 0.409 e. The van der Waals surface area contributed by atoms with Crippen LogP contribution in [-0.2, 0) is 10.0 Å². The summed E-state index contributed by atoms with van der Waals surface area (Å²) in [5.41, 5.74) is 5.65. The van der Waals surface area contributed by atoms with Crippen LogP contribution in [0.25, 0.3) is 0 Å². The molecule has 1 aliphatic rings. The summed E-state index contributed by atoms with van der Waals surface area (Å²) in [5, 5.41) is 11.4. The Kier molecular flexibility index (Phi) is 5.57. The van der Waals surface area contributed by atoms with Crippen molar-refractivity contribution in [3.8, 4) is 0 Å². The number of nitrogens with zero attached hydrogens (tertiary/aromatic N) is 3. The van der Waals surface area contributed by atoms with Crippen LogP contribution in [0, 0.1) is 0 Å². The predicted molar refractivity (Wildman–Crippen MR) is 74.7 cm³/mol. The Morgan fingerprint density at radius 2 is 1.84 bits per heavy atom. The highest BCUT2D eigenvalue weighted by Gasteiger charge is 2.32. The summed E-state index contributed by atoms with van der Waals surface area (Å²) in [6, 6.07) is -0.131. The third-order valence-corrected chi connectivity index (χ3v) is 5.79. The first-order valence-corrected chi connectivity index (χ1v) is 8.05. The zero-order valence-corrected chi connectivity index (χ0v) is 12.6. The summed E-state index contributed by atoms with van der Waals surface area (Å²) in [6.45, 7) is 7.44. The van der Waals surface area contributed by atoms with Crippen molar-refractivity contribution in [3.05, 3.63) is 0 Å². The maximum atomic E-state index is 12.0. The van der Waals surface area contributed by atoms with Gasteiger partial charge in [0.05, 0.1) is 11.3 Å². The van der Waals surface area contributed by atoms with Crippen LogP contribution in [0.3, 0.4) is 0 Å². The zero-order valence-electron chi connectivity index (χ0n) is 11.8. The molecule has 1 atom stereocenters. The van der Waals surface area contributed by atoms with Crippen LogP contribution >= 0.6 is 0 Å².